The lowest BCUT2D eigenvalue weighted by molar-refractivity contribution is -0.137. The molecule has 0 radical (unpaired) electrons. The quantitative estimate of drug-likeness (QED) is 0.535. The lowest BCUT2D eigenvalue weighted by atomic mass is 10.0. The summed E-state index contributed by atoms with van der Waals surface area (Å²) in [6.07, 6.45) is -3.96. The van der Waals surface area contributed by atoms with Crippen LogP contribution in [-0.2, 0) is 22.7 Å². The van der Waals surface area contributed by atoms with Crippen LogP contribution in [0, 0.1) is 0 Å². The summed E-state index contributed by atoms with van der Waals surface area (Å²) >= 11 is 0. The zero-order valence-corrected chi connectivity index (χ0v) is 20.7. The van der Waals surface area contributed by atoms with Gasteiger partial charge in [0.05, 0.1) is 6.54 Å². The van der Waals surface area contributed by atoms with Crippen LogP contribution in [0.15, 0.2) is 48.5 Å². The van der Waals surface area contributed by atoms with Crippen LogP contribution in [0.5, 0.6) is 5.75 Å². The first kappa shape index (κ1) is 26.2. The third-order valence-electron chi connectivity index (χ3n) is 7.24. The summed E-state index contributed by atoms with van der Waals surface area (Å²) in [5, 5.41) is 4.90. The SMILES string of the molecule is O=C1CCC(N2Cc3cc(OC4CN(Cc5ccccc5)CCC4NCC(F)(F)F)ccc3C2=O)C(=O)N1. The highest BCUT2D eigenvalue weighted by atomic mass is 19.4. The average Bonchev–Trinajstić information content (AvgIpc) is 3.19. The molecule has 3 heterocycles. The fourth-order valence-corrected chi connectivity index (χ4v) is 5.36. The van der Waals surface area contributed by atoms with Crippen molar-refractivity contribution in [3.05, 3.63) is 65.2 Å². The molecule has 2 fully saturated rings. The molecule has 0 aliphatic carbocycles. The van der Waals surface area contributed by atoms with Gasteiger partial charge in [-0.25, -0.2) is 0 Å². The summed E-state index contributed by atoms with van der Waals surface area (Å²) in [4.78, 5) is 40.4. The topological polar surface area (TPSA) is 91.0 Å². The number of halogens is 3. The van der Waals surface area contributed by atoms with Crippen molar-refractivity contribution in [1.29, 1.82) is 0 Å². The van der Waals surface area contributed by atoms with Gasteiger partial charge in [0.25, 0.3) is 5.91 Å². The van der Waals surface area contributed by atoms with Gasteiger partial charge in [-0.2, -0.15) is 13.2 Å². The van der Waals surface area contributed by atoms with Crippen molar-refractivity contribution in [3.63, 3.8) is 0 Å². The maximum absolute atomic E-state index is 13.0. The highest BCUT2D eigenvalue weighted by Gasteiger charge is 2.40. The van der Waals surface area contributed by atoms with Crippen LogP contribution in [0.1, 0.15) is 40.7 Å². The number of hydrogen-bond acceptors (Lipinski definition) is 6. The molecule has 0 bridgehead atoms. The van der Waals surface area contributed by atoms with Crippen LogP contribution in [0.4, 0.5) is 13.2 Å². The second-order valence-electron chi connectivity index (χ2n) is 9.99. The summed E-state index contributed by atoms with van der Waals surface area (Å²) < 4.78 is 45.1. The Labute approximate surface area is 218 Å². The van der Waals surface area contributed by atoms with E-state index in [0.717, 1.165) is 5.56 Å². The number of nitrogens with zero attached hydrogens (tertiary/aromatic N) is 2. The minimum Gasteiger partial charge on any atom is -0.487 e. The van der Waals surface area contributed by atoms with Gasteiger partial charge in [0.15, 0.2) is 0 Å². The highest BCUT2D eigenvalue weighted by molar-refractivity contribution is 6.05. The van der Waals surface area contributed by atoms with Crippen LogP contribution in [0.3, 0.4) is 0 Å². The highest BCUT2D eigenvalue weighted by Crippen LogP contribution is 2.31. The third kappa shape index (κ3) is 5.99. The number of ether oxygens (including phenoxy) is 1. The van der Waals surface area contributed by atoms with Gasteiger partial charge in [-0.05, 0) is 42.2 Å². The van der Waals surface area contributed by atoms with E-state index in [1.807, 2.05) is 30.3 Å². The van der Waals surface area contributed by atoms with Crippen molar-refractivity contribution in [2.24, 2.45) is 0 Å². The summed E-state index contributed by atoms with van der Waals surface area (Å²) in [6, 6.07) is 13.6. The molecule has 3 unspecified atom stereocenters. The van der Waals surface area contributed by atoms with Crippen molar-refractivity contribution in [1.82, 2.24) is 20.4 Å². The van der Waals surface area contributed by atoms with E-state index >= 15 is 0 Å². The Kier molecular flexibility index (Phi) is 7.40. The number of likely N-dealkylation sites (tertiary alicyclic amines) is 1. The molecular formula is C27H29F3N4O4. The van der Waals surface area contributed by atoms with Gasteiger partial charge in [-0.15, -0.1) is 0 Å². The molecule has 5 rings (SSSR count). The Bertz CT molecular complexity index is 1210. The lowest BCUT2D eigenvalue weighted by Crippen LogP contribution is -2.56. The number of amides is 3. The van der Waals surface area contributed by atoms with Crippen molar-refractivity contribution >= 4 is 17.7 Å². The summed E-state index contributed by atoms with van der Waals surface area (Å²) in [5.41, 5.74) is 2.23. The smallest absolute Gasteiger partial charge is 0.401 e. The van der Waals surface area contributed by atoms with Gasteiger partial charge < -0.3 is 15.0 Å². The van der Waals surface area contributed by atoms with E-state index in [1.165, 1.54) is 4.90 Å². The molecule has 3 amide bonds. The van der Waals surface area contributed by atoms with Crippen LogP contribution in [0.2, 0.25) is 0 Å². The van der Waals surface area contributed by atoms with Crippen molar-refractivity contribution < 1.29 is 32.3 Å². The normalized spacial score (nSPS) is 24.3. The maximum atomic E-state index is 13.0. The van der Waals surface area contributed by atoms with Gasteiger partial charge in [-0.1, -0.05) is 30.3 Å². The Balaban J connectivity index is 1.30. The molecule has 2 aromatic carbocycles. The van der Waals surface area contributed by atoms with E-state index in [1.54, 1.807) is 18.2 Å². The number of fused-ring (bicyclic) bond motifs is 1. The minimum absolute atomic E-state index is 0.165. The molecule has 2 saturated heterocycles. The van der Waals surface area contributed by atoms with Crippen LogP contribution >= 0.6 is 0 Å². The van der Waals surface area contributed by atoms with Gasteiger partial charge in [0, 0.05) is 44.2 Å². The molecule has 202 valence electrons. The number of alkyl halides is 3. The predicted octanol–water partition coefficient (Wildman–Crippen LogP) is 2.62. The van der Waals surface area contributed by atoms with Gasteiger partial charge >= 0.3 is 6.18 Å². The molecular weight excluding hydrogens is 501 g/mol. The summed E-state index contributed by atoms with van der Waals surface area (Å²) in [7, 11) is 0. The summed E-state index contributed by atoms with van der Waals surface area (Å²) in [6.45, 7) is 0.813. The fraction of sp³-hybridized carbons (Fsp3) is 0.444. The molecule has 11 heteroatoms. The maximum Gasteiger partial charge on any atom is 0.401 e. The molecule has 38 heavy (non-hydrogen) atoms. The number of rotatable bonds is 7. The Morgan fingerprint density at radius 2 is 1.84 bits per heavy atom. The van der Waals surface area contributed by atoms with Crippen LogP contribution in [-0.4, -0.2) is 71.5 Å². The number of carbonyl (C=O) groups is 3. The standard InChI is InChI=1S/C27H29F3N4O4/c28-27(29,30)16-31-21-10-11-33(13-17-4-2-1-3-5-17)15-23(21)38-19-6-7-20-18(12-19)14-34(26(20)37)22-8-9-24(35)32-25(22)36/h1-7,12,21-23,31H,8-11,13-16H2,(H,32,35,36). The molecule has 3 aliphatic rings. The lowest BCUT2D eigenvalue weighted by Gasteiger charge is -2.39. The van der Waals surface area contributed by atoms with E-state index in [0.29, 0.717) is 42.9 Å². The number of benzene rings is 2. The Morgan fingerprint density at radius 3 is 2.58 bits per heavy atom. The largest absolute Gasteiger partial charge is 0.487 e. The molecule has 3 aliphatic heterocycles. The zero-order valence-electron chi connectivity index (χ0n) is 20.7. The van der Waals surface area contributed by atoms with Crippen LogP contribution in [0.25, 0.3) is 0 Å². The van der Waals surface area contributed by atoms with Crippen molar-refractivity contribution in [3.8, 4) is 5.75 Å². The Morgan fingerprint density at radius 1 is 1.05 bits per heavy atom. The first-order valence-electron chi connectivity index (χ1n) is 12.7. The van der Waals surface area contributed by atoms with E-state index < -0.39 is 36.8 Å². The first-order valence-corrected chi connectivity index (χ1v) is 12.7. The molecule has 3 atom stereocenters. The molecule has 0 aromatic heterocycles. The monoisotopic (exact) mass is 530 g/mol. The predicted molar refractivity (Wildman–Crippen MR) is 131 cm³/mol. The van der Waals surface area contributed by atoms with E-state index in [4.69, 9.17) is 4.74 Å². The molecule has 2 N–H and O–H groups in total. The first-order chi connectivity index (χ1) is 18.2. The van der Waals surface area contributed by atoms with E-state index in [9.17, 15) is 27.6 Å². The molecule has 0 spiro atoms. The number of imide groups is 1. The van der Waals surface area contributed by atoms with Gasteiger partial charge in [0.2, 0.25) is 11.8 Å². The van der Waals surface area contributed by atoms with E-state index in [-0.39, 0.29) is 31.2 Å². The average molecular weight is 531 g/mol. The van der Waals surface area contributed by atoms with Crippen molar-refractivity contribution in [2.45, 2.75) is 56.7 Å². The molecule has 0 saturated carbocycles. The fourth-order valence-electron chi connectivity index (χ4n) is 5.36. The second kappa shape index (κ2) is 10.7. The summed E-state index contributed by atoms with van der Waals surface area (Å²) in [5.74, 6) is -0.684. The van der Waals surface area contributed by atoms with Gasteiger partial charge in [-0.3, -0.25) is 24.6 Å². The molecule has 8 nitrogen and oxygen atoms in total. The zero-order chi connectivity index (χ0) is 26.9. The minimum atomic E-state index is -4.33. The van der Waals surface area contributed by atoms with Crippen molar-refractivity contribution in [2.75, 3.05) is 19.6 Å². The Hall–Kier alpha value is -3.44. The van der Waals surface area contributed by atoms with Gasteiger partial charge in [0.1, 0.15) is 17.9 Å². The van der Waals surface area contributed by atoms with E-state index in [2.05, 4.69) is 15.5 Å². The molecule has 2 aromatic rings. The number of piperidine rings is 2. The second-order valence-corrected chi connectivity index (χ2v) is 9.99. The number of hydrogen-bond donors (Lipinski definition) is 2. The number of carbonyl (C=O) groups excluding carboxylic acids is 3. The third-order valence-corrected chi connectivity index (χ3v) is 7.24. The van der Waals surface area contributed by atoms with Crippen LogP contribution < -0.4 is 15.4 Å². The number of nitrogens with one attached hydrogen (secondary N) is 2.